The lowest BCUT2D eigenvalue weighted by Crippen LogP contribution is -2.52. The number of benzene rings is 2. The molecule has 0 aliphatic carbocycles. The van der Waals surface area contributed by atoms with Crippen LogP contribution in [0.1, 0.15) is 28.8 Å². The number of nitrogens with two attached hydrogens (primary N) is 1. The van der Waals surface area contributed by atoms with Crippen LogP contribution in [0.5, 0.6) is 11.5 Å². The van der Waals surface area contributed by atoms with E-state index in [-0.39, 0.29) is 31.8 Å². The molecular weight excluding hydrogens is 420 g/mol. The SMILES string of the molecule is NC(=O)CC[C@H](NC(=O)OCc1ccccc1)C(=O)NNC(=O)c1ccc2c(c1)OCO2. The largest absolute Gasteiger partial charge is 0.454 e. The lowest BCUT2D eigenvalue weighted by Gasteiger charge is -2.18. The predicted molar refractivity (Wildman–Crippen MR) is 110 cm³/mol. The third-order valence-electron chi connectivity index (χ3n) is 4.43. The molecule has 1 heterocycles. The van der Waals surface area contributed by atoms with E-state index < -0.39 is 29.9 Å². The van der Waals surface area contributed by atoms with E-state index in [0.717, 1.165) is 5.56 Å². The Morgan fingerprint density at radius 1 is 1.00 bits per heavy atom. The average Bonchev–Trinajstić information content (AvgIpc) is 3.27. The number of rotatable bonds is 8. The lowest BCUT2D eigenvalue weighted by molar-refractivity contribution is -0.124. The van der Waals surface area contributed by atoms with E-state index in [9.17, 15) is 19.2 Å². The molecule has 32 heavy (non-hydrogen) atoms. The first-order chi connectivity index (χ1) is 15.4. The van der Waals surface area contributed by atoms with Gasteiger partial charge in [0.05, 0.1) is 0 Å². The van der Waals surface area contributed by atoms with E-state index in [1.807, 2.05) is 6.07 Å². The van der Waals surface area contributed by atoms with Crippen LogP contribution >= 0.6 is 0 Å². The van der Waals surface area contributed by atoms with Crippen molar-refractivity contribution in [3.05, 3.63) is 59.7 Å². The van der Waals surface area contributed by atoms with E-state index in [0.29, 0.717) is 11.5 Å². The van der Waals surface area contributed by atoms with Crippen molar-refractivity contribution < 1.29 is 33.4 Å². The molecule has 3 rings (SSSR count). The number of amides is 4. The van der Waals surface area contributed by atoms with Crippen LogP contribution in [0, 0.1) is 0 Å². The van der Waals surface area contributed by atoms with Gasteiger partial charge in [-0.1, -0.05) is 30.3 Å². The Bertz CT molecular complexity index is 997. The molecule has 0 fully saturated rings. The van der Waals surface area contributed by atoms with E-state index in [1.165, 1.54) is 12.1 Å². The summed E-state index contributed by atoms with van der Waals surface area (Å²) in [4.78, 5) is 48.0. The fourth-order valence-corrected chi connectivity index (χ4v) is 2.78. The zero-order valence-electron chi connectivity index (χ0n) is 17.0. The highest BCUT2D eigenvalue weighted by molar-refractivity contribution is 5.96. The maximum Gasteiger partial charge on any atom is 0.408 e. The molecular formula is C21H22N4O7. The van der Waals surface area contributed by atoms with Gasteiger partial charge in [-0.3, -0.25) is 25.2 Å². The molecule has 11 nitrogen and oxygen atoms in total. The van der Waals surface area contributed by atoms with Crippen molar-refractivity contribution in [3.8, 4) is 11.5 Å². The summed E-state index contributed by atoms with van der Waals surface area (Å²) in [5, 5.41) is 2.37. The summed E-state index contributed by atoms with van der Waals surface area (Å²) >= 11 is 0. The molecule has 2 aromatic carbocycles. The lowest BCUT2D eigenvalue weighted by atomic mass is 10.1. The van der Waals surface area contributed by atoms with Gasteiger partial charge in [0.2, 0.25) is 12.7 Å². The fraction of sp³-hybridized carbons (Fsp3) is 0.238. The molecule has 168 valence electrons. The standard InChI is InChI=1S/C21H22N4O7/c22-18(26)9-7-15(23-21(29)30-11-13-4-2-1-3-5-13)20(28)25-24-19(27)14-6-8-16-17(10-14)32-12-31-16/h1-6,8,10,15H,7,9,11-12H2,(H2,22,26)(H,23,29)(H,24,27)(H,25,28)/t15-/m0/s1. The number of carbonyl (C=O) groups is 4. The Kier molecular flexibility index (Phi) is 7.46. The zero-order valence-corrected chi connectivity index (χ0v) is 17.0. The van der Waals surface area contributed by atoms with Crippen molar-refractivity contribution in [1.29, 1.82) is 0 Å². The number of alkyl carbamates (subject to hydrolysis) is 1. The summed E-state index contributed by atoms with van der Waals surface area (Å²) in [7, 11) is 0. The summed E-state index contributed by atoms with van der Waals surface area (Å²) in [6.45, 7) is 0.0579. The van der Waals surface area contributed by atoms with Crippen LogP contribution in [0.3, 0.4) is 0 Å². The summed E-state index contributed by atoms with van der Waals surface area (Å²) in [5.41, 5.74) is 10.6. The van der Waals surface area contributed by atoms with Crippen LogP contribution < -0.4 is 31.4 Å². The highest BCUT2D eigenvalue weighted by atomic mass is 16.7. The molecule has 0 saturated heterocycles. The second-order valence-electron chi connectivity index (χ2n) is 6.78. The van der Waals surface area contributed by atoms with E-state index in [2.05, 4.69) is 16.2 Å². The summed E-state index contributed by atoms with van der Waals surface area (Å²) < 4.78 is 15.5. The topological polar surface area (TPSA) is 158 Å². The minimum absolute atomic E-state index is 0.00230. The van der Waals surface area contributed by atoms with Crippen molar-refractivity contribution in [2.75, 3.05) is 6.79 Å². The van der Waals surface area contributed by atoms with Gasteiger partial charge in [0.15, 0.2) is 11.5 Å². The monoisotopic (exact) mass is 442 g/mol. The van der Waals surface area contributed by atoms with Gasteiger partial charge >= 0.3 is 6.09 Å². The van der Waals surface area contributed by atoms with E-state index >= 15 is 0 Å². The van der Waals surface area contributed by atoms with Crippen molar-refractivity contribution in [1.82, 2.24) is 16.2 Å². The first kappa shape index (κ1) is 22.4. The van der Waals surface area contributed by atoms with Crippen molar-refractivity contribution in [2.45, 2.75) is 25.5 Å². The minimum Gasteiger partial charge on any atom is -0.454 e. The Morgan fingerprint density at radius 2 is 1.75 bits per heavy atom. The number of carbonyl (C=O) groups excluding carboxylic acids is 4. The minimum atomic E-state index is -1.16. The molecule has 0 unspecified atom stereocenters. The Hall–Kier alpha value is -4.28. The summed E-state index contributed by atoms with van der Waals surface area (Å²) in [5.74, 6) is -1.10. The zero-order chi connectivity index (χ0) is 22.9. The molecule has 0 aromatic heterocycles. The molecule has 1 aliphatic heterocycles. The van der Waals surface area contributed by atoms with Gasteiger partial charge in [0.1, 0.15) is 12.6 Å². The van der Waals surface area contributed by atoms with Crippen LogP contribution in [0.2, 0.25) is 0 Å². The third-order valence-corrected chi connectivity index (χ3v) is 4.43. The van der Waals surface area contributed by atoms with Crippen molar-refractivity contribution in [3.63, 3.8) is 0 Å². The molecule has 0 radical (unpaired) electrons. The predicted octanol–water partition coefficient (Wildman–Crippen LogP) is 0.737. The molecule has 4 amide bonds. The maximum atomic E-state index is 12.5. The van der Waals surface area contributed by atoms with Gasteiger partial charge in [-0.05, 0) is 30.2 Å². The Balaban J connectivity index is 1.54. The van der Waals surface area contributed by atoms with Gasteiger partial charge in [0, 0.05) is 12.0 Å². The molecule has 1 aliphatic rings. The van der Waals surface area contributed by atoms with Crippen molar-refractivity contribution >= 4 is 23.8 Å². The average molecular weight is 442 g/mol. The number of primary amides is 1. The molecule has 5 N–H and O–H groups in total. The molecule has 11 heteroatoms. The number of hydrogen-bond acceptors (Lipinski definition) is 7. The first-order valence-corrected chi connectivity index (χ1v) is 9.67. The van der Waals surface area contributed by atoms with Crippen LogP contribution in [-0.2, 0) is 20.9 Å². The third kappa shape index (κ3) is 6.36. The highest BCUT2D eigenvalue weighted by Crippen LogP contribution is 2.32. The number of ether oxygens (including phenoxy) is 3. The number of nitrogens with one attached hydrogen (secondary N) is 3. The van der Waals surface area contributed by atoms with Crippen molar-refractivity contribution in [2.24, 2.45) is 5.73 Å². The molecule has 1 atom stereocenters. The van der Waals surface area contributed by atoms with Crippen LogP contribution in [0.25, 0.3) is 0 Å². The summed E-state index contributed by atoms with van der Waals surface area (Å²) in [6, 6.07) is 12.3. The molecule has 0 saturated carbocycles. The smallest absolute Gasteiger partial charge is 0.408 e. The van der Waals surface area contributed by atoms with Gasteiger partial charge in [-0.25, -0.2) is 4.79 Å². The maximum absolute atomic E-state index is 12.5. The Morgan fingerprint density at radius 3 is 2.50 bits per heavy atom. The fourth-order valence-electron chi connectivity index (χ4n) is 2.78. The molecule has 0 bridgehead atoms. The van der Waals surface area contributed by atoms with Crippen LogP contribution in [0.15, 0.2) is 48.5 Å². The number of hydrogen-bond donors (Lipinski definition) is 4. The van der Waals surface area contributed by atoms with Gasteiger partial charge < -0.3 is 25.3 Å². The van der Waals surface area contributed by atoms with Gasteiger partial charge in [-0.15, -0.1) is 0 Å². The second-order valence-corrected chi connectivity index (χ2v) is 6.78. The normalized spacial score (nSPS) is 12.4. The number of hydrazine groups is 1. The van der Waals surface area contributed by atoms with Gasteiger partial charge in [-0.2, -0.15) is 0 Å². The summed E-state index contributed by atoms with van der Waals surface area (Å²) in [6.07, 6.45) is -1.10. The van der Waals surface area contributed by atoms with Crippen LogP contribution in [0.4, 0.5) is 4.79 Å². The van der Waals surface area contributed by atoms with Crippen LogP contribution in [-0.4, -0.2) is 36.6 Å². The highest BCUT2D eigenvalue weighted by Gasteiger charge is 2.23. The van der Waals surface area contributed by atoms with E-state index in [1.54, 1.807) is 30.3 Å². The second kappa shape index (κ2) is 10.7. The molecule has 0 spiro atoms. The molecule has 2 aromatic rings. The first-order valence-electron chi connectivity index (χ1n) is 9.67. The number of fused-ring (bicyclic) bond motifs is 1. The van der Waals surface area contributed by atoms with E-state index in [4.69, 9.17) is 19.9 Å². The Labute approximate surface area is 183 Å². The quantitative estimate of drug-likeness (QED) is 0.439. The van der Waals surface area contributed by atoms with Gasteiger partial charge in [0.25, 0.3) is 11.8 Å².